The second-order valence-electron chi connectivity index (χ2n) is 8.14. The van der Waals surface area contributed by atoms with E-state index < -0.39 is 0 Å². The summed E-state index contributed by atoms with van der Waals surface area (Å²) in [6, 6.07) is 9.94. The molecule has 0 radical (unpaired) electrons. The first kappa shape index (κ1) is 18.3. The monoisotopic (exact) mass is 367 g/mol. The molecular formula is C21H29N5O. The number of hydrogen-bond donors (Lipinski definition) is 1. The van der Waals surface area contributed by atoms with E-state index in [0.29, 0.717) is 5.56 Å². The van der Waals surface area contributed by atoms with E-state index in [4.69, 9.17) is 5.26 Å². The predicted octanol–water partition coefficient (Wildman–Crippen LogP) is 2.58. The summed E-state index contributed by atoms with van der Waals surface area (Å²) in [6.45, 7) is 7.21. The van der Waals surface area contributed by atoms with Crippen molar-refractivity contribution in [2.24, 2.45) is 5.92 Å². The Labute approximate surface area is 161 Å². The quantitative estimate of drug-likeness (QED) is 0.888. The van der Waals surface area contributed by atoms with Crippen molar-refractivity contribution in [2.45, 2.75) is 31.7 Å². The van der Waals surface area contributed by atoms with Crippen molar-refractivity contribution in [3.8, 4) is 6.07 Å². The first-order chi connectivity index (χ1) is 13.2. The third kappa shape index (κ3) is 4.79. The molecule has 2 saturated heterocycles. The summed E-state index contributed by atoms with van der Waals surface area (Å²) >= 11 is 0. The largest absolute Gasteiger partial charge is 0.322 e. The SMILES string of the molecule is N#Cc1ccc(NC(=O)N2CCN(C[C@@H]3CCCN(C4CC4)C3)CC2)cc1. The number of rotatable bonds is 4. The van der Waals surface area contributed by atoms with Crippen molar-refractivity contribution in [3.63, 3.8) is 0 Å². The van der Waals surface area contributed by atoms with Gasteiger partial charge in [0.1, 0.15) is 0 Å². The van der Waals surface area contributed by atoms with E-state index in [0.717, 1.165) is 43.8 Å². The molecule has 1 saturated carbocycles. The fourth-order valence-electron chi connectivity index (χ4n) is 4.35. The zero-order valence-corrected chi connectivity index (χ0v) is 15.9. The Bertz CT molecular complexity index is 686. The maximum absolute atomic E-state index is 12.5. The molecule has 6 nitrogen and oxygen atoms in total. The number of carbonyl (C=O) groups excluding carboxylic acids is 1. The fourth-order valence-corrected chi connectivity index (χ4v) is 4.35. The van der Waals surface area contributed by atoms with Crippen molar-refractivity contribution in [1.29, 1.82) is 5.26 Å². The number of nitrogens with zero attached hydrogens (tertiary/aromatic N) is 4. The zero-order valence-electron chi connectivity index (χ0n) is 15.9. The Kier molecular flexibility index (Phi) is 5.61. The first-order valence-electron chi connectivity index (χ1n) is 10.2. The second kappa shape index (κ2) is 8.28. The molecule has 1 N–H and O–H groups in total. The van der Waals surface area contributed by atoms with Crippen LogP contribution in [0.3, 0.4) is 0 Å². The van der Waals surface area contributed by atoms with Gasteiger partial charge in [-0.25, -0.2) is 4.79 Å². The molecule has 1 aromatic rings. The van der Waals surface area contributed by atoms with Gasteiger partial charge in [0.05, 0.1) is 11.6 Å². The highest BCUT2D eigenvalue weighted by Crippen LogP contribution is 2.31. The number of piperidine rings is 1. The predicted molar refractivity (Wildman–Crippen MR) is 106 cm³/mol. The molecule has 1 atom stereocenters. The first-order valence-corrected chi connectivity index (χ1v) is 10.2. The van der Waals surface area contributed by atoms with E-state index >= 15 is 0 Å². The number of anilines is 1. The summed E-state index contributed by atoms with van der Waals surface area (Å²) in [7, 11) is 0. The lowest BCUT2D eigenvalue weighted by Gasteiger charge is -2.39. The van der Waals surface area contributed by atoms with Crippen molar-refractivity contribution < 1.29 is 4.79 Å². The van der Waals surface area contributed by atoms with Gasteiger partial charge in [0.2, 0.25) is 0 Å². The van der Waals surface area contributed by atoms with Gasteiger partial charge in [-0.2, -0.15) is 5.26 Å². The lowest BCUT2D eigenvalue weighted by Crippen LogP contribution is -2.52. The van der Waals surface area contributed by atoms with Crippen molar-refractivity contribution >= 4 is 11.7 Å². The number of hydrogen-bond acceptors (Lipinski definition) is 4. The molecule has 3 aliphatic rings. The number of carbonyl (C=O) groups is 1. The summed E-state index contributed by atoms with van der Waals surface area (Å²) in [4.78, 5) is 19.6. The molecule has 6 heteroatoms. The summed E-state index contributed by atoms with van der Waals surface area (Å²) < 4.78 is 0. The van der Waals surface area contributed by atoms with Crippen LogP contribution in [0.1, 0.15) is 31.2 Å². The molecule has 27 heavy (non-hydrogen) atoms. The van der Waals surface area contributed by atoms with Crippen LogP contribution in [0.15, 0.2) is 24.3 Å². The van der Waals surface area contributed by atoms with Crippen LogP contribution < -0.4 is 5.32 Å². The van der Waals surface area contributed by atoms with Gasteiger partial charge in [-0.1, -0.05) is 0 Å². The van der Waals surface area contributed by atoms with Crippen LogP contribution in [0, 0.1) is 17.2 Å². The highest BCUT2D eigenvalue weighted by atomic mass is 16.2. The zero-order chi connectivity index (χ0) is 18.6. The minimum absolute atomic E-state index is 0.0445. The third-order valence-corrected chi connectivity index (χ3v) is 6.05. The van der Waals surface area contributed by atoms with E-state index in [2.05, 4.69) is 21.2 Å². The molecule has 2 heterocycles. The average molecular weight is 367 g/mol. The number of nitriles is 1. The average Bonchev–Trinajstić information content (AvgIpc) is 3.55. The fraction of sp³-hybridized carbons (Fsp3) is 0.619. The van der Waals surface area contributed by atoms with Crippen molar-refractivity contribution in [2.75, 3.05) is 51.1 Å². The Hall–Kier alpha value is -2.10. The van der Waals surface area contributed by atoms with Gasteiger partial charge < -0.3 is 15.1 Å². The van der Waals surface area contributed by atoms with E-state index in [9.17, 15) is 4.79 Å². The molecule has 144 valence electrons. The molecule has 0 spiro atoms. The summed E-state index contributed by atoms with van der Waals surface area (Å²) in [5, 5.41) is 11.8. The molecule has 2 amide bonds. The number of benzene rings is 1. The smallest absolute Gasteiger partial charge is 0.321 e. The molecule has 2 aliphatic heterocycles. The highest BCUT2D eigenvalue weighted by molar-refractivity contribution is 5.89. The second-order valence-corrected chi connectivity index (χ2v) is 8.14. The summed E-state index contributed by atoms with van der Waals surface area (Å²) in [5.41, 5.74) is 1.34. The highest BCUT2D eigenvalue weighted by Gasteiger charge is 2.33. The number of nitrogens with one attached hydrogen (secondary N) is 1. The van der Waals surface area contributed by atoms with Gasteiger partial charge in [0, 0.05) is 51.0 Å². The van der Waals surface area contributed by atoms with Gasteiger partial charge in [-0.15, -0.1) is 0 Å². The van der Waals surface area contributed by atoms with Crippen LogP contribution >= 0.6 is 0 Å². The molecule has 0 unspecified atom stereocenters. The van der Waals surface area contributed by atoms with E-state index in [1.54, 1.807) is 24.3 Å². The Morgan fingerprint density at radius 3 is 2.48 bits per heavy atom. The number of amides is 2. The normalized spacial score (nSPS) is 24.4. The molecule has 0 aromatic heterocycles. The standard InChI is InChI=1S/C21H29N5O/c22-14-17-3-5-19(6-4-17)23-21(27)25-12-10-24(11-13-25)15-18-2-1-9-26(16-18)20-7-8-20/h3-6,18,20H,1-2,7-13,15-16H2,(H,23,27)/t18-/m0/s1. The van der Waals surface area contributed by atoms with E-state index in [1.807, 2.05) is 4.90 Å². The molecular weight excluding hydrogens is 338 g/mol. The third-order valence-electron chi connectivity index (χ3n) is 6.05. The molecule has 4 rings (SSSR count). The summed E-state index contributed by atoms with van der Waals surface area (Å²) in [5.74, 6) is 0.790. The van der Waals surface area contributed by atoms with E-state index in [1.165, 1.54) is 45.3 Å². The topological polar surface area (TPSA) is 62.6 Å². The number of likely N-dealkylation sites (tertiary alicyclic amines) is 1. The molecule has 1 aliphatic carbocycles. The summed E-state index contributed by atoms with van der Waals surface area (Å²) in [6.07, 6.45) is 5.50. The van der Waals surface area contributed by atoms with Crippen LogP contribution in [-0.2, 0) is 0 Å². The van der Waals surface area contributed by atoms with E-state index in [-0.39, 0.29) is 6.03 Å². The molecule has 1 aromatic carbocycles. The Balaban J connectivity index is 1.21. The minimum atomic E-state index is -0.0445. The van der Waals surface area contributed by atoms with Gasteiger partial charge in [-0.05, 0) is 62.4 Å². The molecule has 3 fully saturated rings. The molecule has 0 bridgehead atoms. The van der Waals surface area contributed by atoms with Crippen LogP contribution in [0.5, 0.6) is 0 Å². The van der Waals surface area contributed by atoms with Crippen LogP contribution in [0.25, 0.3) is 0 Å². The lowest BCUT2D eigenvalue weighted by atomic mass is 9.97. The maximum Gasteiger partial charge on any atom is 0.321 e. The van der Waals surface area contributed by atoms with Crippen LogP contribution in [0.4, 0.5) is 10.5 Å². The van der Waals surface area contributed by atoms with Gasteiger partial charge >= 0.3 is 6.03 Å². The van der Waals surface area contributed by atoms with Gasteiger partial charge in [-0.3, -0.25) is 4.90 Å². The van der Waals surface area contributed by atoms with Crippen molar-refractivity contribution in [3.05, 3.63) is 29.8 Å². The maximum atomic E-state index is 12.5. The van der Waals surface area contributed by atoms with Crippen LogP contribution in [-0.4, -0.2) is 72.6 Å². The minimum Gasteiger partial charge on any atom is -0.322 e. The van der Waals surface area contributed by atoms with Gasteiger partial charge in [0.15, 0.2) is 0 Å². The lowest BCUT2D eigenvalue weighted by molar-refractivity contribution is 0.0982. The number of urea groups is 1. The van der Waals surface area contributed by atoms with Crippen molar-refractivity contribution in [1.82, 2.24) is 14.7 Å². The Morgan fingerprint density at radius 1 is 1.07 bits per heavy atom. The Morgan fingerprint density at radius 2 is 1.81 bits per heavy atom. The van der Waals surface area contributed by atoms with Gasteiger partial charge in [0.25, 0.3) is 0 Å². The number of piperazine rings is 1. The van der Waals surface area contributed by atoms with Crippen LogP contribution in [0.2, 0.25) is 0 Å².